The number of amides is 2. The van der Waals surface area contributed by atoms with Crippen LogP contribution in [0.1, 0.15) is 39.5 Å². The van der Waals surface area contributed by atoms with E-state index < -0.39 is 0 Å². The molecule has 0 radical (unpaired) electrons. The maximum atomic E-state index is 12.0. The maximum Gasteiger partial charge on any atom is 0.315 e. The molecule has 2 aliphatic carbocycles. The van der Waals surface area contributed by atoms with E-state index in [9.17, 15) is 4.79 Å². The van der Waals surface area contributed by atoms with Crippen LogP contribution in [0.2, 0.25) is 0 Å². The van der Waals surface area contributed by atoms with Crippen LogP contribution in [0.3, 0.4) is 0 Å². The molecule has 108 valence electrons. The Bertz CT molecular complexity index is 343. The van der Waals surface area contributed by atoms with Crippen molar-refractivity contribution in [3.05, 3.63) is 12.2 Å². The average Bonchev–Trinajstić information content (AvgIpc) is 2.80. The molecule has 2 amide bonds. The van der Waals surface area contributed by atoms with Crippen LogP contribution in [0.25, 0.3) is 0 Å². The fourth-order valence-electron chi connectivity index (χ4n) is 3.28. The zero-order chi connectivity index (χ0) is 13.8. The van der Waals surface area contributed by atoms with Gasteiger partial charge in [0.25, 0.3) is 0 Å². The topological polar surface area (TPSA) is 61.4 Å². The van der Waals surface area contributed by atoms with Crippen LogP contribution in [0.15, 0.2) is 12.2 Å². The van der Waals surface area contributed by atoms with Crippen LogP contribution in [-0.2, 0) is 0 Å². The van der Waals surface area contributed by atoms with Gasteiger partial charge in [-0.3, -0.25) is 0 Å². The fraction of sp³-hybridized carbons (Fsp3) is 0.800. The van der Waals surface area contributed by atoms with E-state index in [4.69, 9.17) is 5.11 Å². The van der Waals surface area contributed by atoms with E-state index in [-0.39, 0.29) is 24.6 Å². The smallest absolute Gasteiger partial charge is 0.315 e. The van der Waals surface area contributed by atoms with Crippen molar-refractivity contribution in [2.45, 2.75) is 51.6 Å². The van der Waals surface area contributed by atoms with Gasteiger partial charge in [0.05, 0.1) is 0 Å². The highest BCUT2D eigenvalue weighted by Crippen LogP contribution is 2.28. The lowest BCUT2D eigenvalue weighted by Gasteiger charge is -2.33. The number of hydrogen-bond donors (Lipinski definition) is 3. The Morgan fingerprint density at radius 3 is 2.63 bits per heavy atom. The van der Waals surface area contributed by atoms with Crippen molar-refractivity contribution in [2.75, 3.05) is 6.61 Å². The van der Waals surface area contributed by atoms with E-state index in [1.165, 1.54) is 12.8 Å². The van der Waals surface area contributed by atoms with Crippen LogP contribution < -0.4 is 10.6 Å². The molecule has 3 unspecified atom stereocenters. The van der Waals surface area contributed by atoms with Gasteiger partial charge in [0.2, 0.25) is 0 Å². The lowest BCUT2D eigenvalue weighted by molar-refractivity contribution is 0.203. The van der Waals surface area contributed by atoms with Crippen molar-refractivity contribution >= 4 is 6.03 Å². The number of rotatable bonds is 3. The lowest BCUT2D eigenvalue weighted by atomic mass is 9.80. The minimum Gasteiger partial charge on any atom is -0.396 e. The highest BCUT2D eigenvalue weighted by atomic mass is 16.3. The Balaban J connectivity index is 1.74. The van der Waals surface area contributed by atoms with E-state index in [0.29, 0.717) is 12.0 Å². The monoisotopic (exact) mass is 266 g/mol. The van der Waals surface area contributed by atoms with E-state index >= 15 is 0 Å². The number of urea groups is 1. The summed E-state index contributed by atoms with van der Waals surface area (Å²) >= 11 is 0. The van der Waals surface area contributed by atoms with Gasteiger partial charge in [0.1, 0.15) is 0 Å². The minimum absolute atomic E-state index is 0.0648. The van der Waals surface area contributed by atoms with Crippen molar-refractivity contribution < 1.29 is 9.90 Å². The van der Waals surface area contributed by atoms with Gasteiger partial charge in [-0.15, -0.1) is 0 Å². The van der Waals surface area contributed by atoms with Crippen molar-refractivity contribution in [2.24, 2.45) is 17.8 Å². The number of nitrogens with one attached hydrogen (secondary N) is 2. The Hall–Kier alpha value is -1.03. The van der Waals surface area contributed by atoms with Crippen LogP contribution >= 0.6 is 0 Å². The number of carbonyl (C=O) groups is 1. The molecule has 4 nitrogen and oxygen atoms in total. The third-order valence-electron chi connectivity index (χ3n) is 4.47. The summed E-state index contributed by atoms with van der Waals surface area (Å²) in [5.74, 6) is 1.53. The van der Waals surface area contributed by atoms with Crippen molar-refractivity contribution in [1.82, 2.24) is 10.6 Å². The molecule has 0 aromatic carbocycles. The molecule has 5 atom stereocenters. The van der Waals surface area contributed by atoms with Gasteiger partial charge in [0.15, 0.2) is 0 Å². The molecule has 19 heavy (non-hydrogen) atoms. The molecule has 0 bridgehead atoms. The molecule has 1 fully saturated rings. The van der Waals surface area contributed by atoms with Gasteiger partial charge in [-0.1, -0.05) is 26.0 Å². The second-order valence-corrected chi connectivity index (χ2v) is 6.29. The lowest BCUT2D eigenvalue weighted by Crippen LogP contribution is -2.49. The molecule has 0 heterocycles. The van der Waals surface area contributed by atoms with Gasteiger partial charge in [-0.25, -0.2) is 4.79 Å². The maximum absolute atomic E-state index is 12.0. The predicted molar refractivity (Wildman–Crippen MR) is 75.8 cm³/mol. The molecule has 0 aliphatic heterocycles. The SMILES string of the molecule is CC1CCC(NC(=O)N[C@@H]2C=C[C@H](CO)C2)C(C)C1. The Morgan fingerprint density at radius 1 is 1.21 bits per heavy atom. The number of hydrogen-bond acceptors (Lipinski definition) is 2. The second-order valence-electron chi connectivity index (χ2n) is 6.29. The Labute approximate surface area is 115 Å². The number of aliphatic hydroxyl groups is 1. The molecular formula is C15H26N2O2. The fourth-order valence-corrected chi connectivity index (χ4v) is 3.28. The Morgan fingerprint density at radius 2 is 2.00 bits per heavy atom. The first-order valence-corrected chi connectivity index (χ1v) is 7.44. The van der Waals surface area contributed by atoms with Crippen molar-refractivity contribution in [1.29, 1.82) is 0 Å². The quantitative estimate of drug-likeness (QED) is 0.685. The summed E-state index contributed by atoms with van der Waals surface area (Å²) in [5, 5.41) is 15.1. The first-order chi connectivity index (χ1) is 9.08. The largest absolute Gasteiger partial charge is 0.396 e. The summed E-state index contributed by atoms with van der Waals surface area (Å²) in [6, 6.07) is 0.296. The zero-order valence-electron chi connectivity index (χ0n) is 11.9. The zero-order valence-corrected chi connectivity index (χ0v) is 11.9. The van der Waals surface area contributed by atoms with Crippen molar-refractivity contribution in [3.63, 3.8) is 0 Å². The second kappa shape index (κ2) is 6.42. The molecule has 0 aromatic heterocycles. The molecule has 3 N–H and O–H groups in total. The first-order valence-electron chi connectivity index (χ1n) is 7.44. The Kier molecular flexibility index (Phi) is 4.86. The molecular weight excluding hydrogens is 240 g/mol. The first kappa shape index (κ1) is 14.4. The molecule has 0 aromatic rings. The van der Waals surface area contributed by atoms with E-state index in [1.54, 1.807) is 0 Å². The molecule has 0 saturated heterocycles. The molecule has 2 aliphatic rings. The summed E-state index contributed by atoms with van der Waals surface area (Å²) in [6.45, 7) is 4.66. The van der Waals surface area contributed by atoms with E-state index in [2.05, 4.69) is 24.5 Å². The molecule has 0 spiro atoms. The van der Waals surface area contributed by atoms with Crippen LogP contribution in [0.4, 0.5) is 4.79 Å². The third kappa shape index (κ3) is 3.96. The van der Waals surface area contributed by atoms with E-state index in [1.807, 2.05) is 12.2 Å². The predicted octanol–water partition coefficient (Wildman–Crippen LogP) is 2.05. The molecule has 4 heteroatoms. The van der Waals surface area contributed by atoms with Gasteiger partial charge in [-0.05, 0) is 37.5 Å². The summed E-state index contributed by atoms with van der Waals surface area (Å²) in [4.78, 5) is 12.0. The number of aliphatic hydroxyl groups excluding tert-OH is 1. The highest BCUT2D eigenvalue weighted by Gasteiger charge is 2.27. The van der Waals surface area contributed by atoms with Gasteiger partial charge in [-0.2, -0.15) is 0 Å². The minimum atomic E-state index is -0.0698. The highest BCUT2D eigenvalue weighted by molar-refractivity contribution is 5.75. The molecule has 2 rings (SSSR count). The van der Waals surface area contributed by atoms with Gasteiger partial charge in [0, 0.05) is 24.6 Å². The van der Waals surface area contributed by atoms with Crippen LogP contribution in [0, 0.1) is 17.8 Å². The van der Waals surface area contributed by atoms with E-state index in [0.717, 1.165) is 18.8 Å². The normalized spacial score (nSPS) is 38.2. The van der Waals surface area contributed by atoms with Gasteiger partial charge < -0.3 is 15.7 Å². The van der Waals surface area contributed by atoms with Crippen LogP contribution in [0.5, 0.6) is 0 Å². The standard InChI is InChI=1S/C15H26N2O2/c1-10-3-6-14(11(2)7-10)17-15(19)16-13-5-4-12(8-13)9-18/h4-5,10-14,18H,3,6-9H2,1-2H3,(H2,16,17,19)/t10?,11?,12-,13+,14?/m0/s1. The molecule has 1 saturated carbocycles. The average molecular weight is 266 g/mol. The van der Waals surface area contributed by atoms with Gasteiger partial charge >= 0.3 is 6.03 Å². The summed E-state index contributed by atoms with van der Waals surface area (Å²) < 4.78 is 0. The third-order valence-corrected chi connectivity index (χ3v) is 4.47. The summed E-state index contributed by atoms with van der Waals surface area (Å²) in [7, 11) is 0. The summed E-state index contributed by atoms with van der Waals surface area (Å²) in [5.41, 5.74) is 0. The summed E-state index contributed by atoms with van der Waals surface area (Å²) in [6.07, 6.45) is 8.24. The van der Waals surface area contributed by atoms with Crippen molar-refractivity contribution in [3.8, 4) is 0 Å². The number of carbonyl (C=O) groups excluding carboxylic acids is 1. The van der Waals surface area contributed by atoms with Crippen LogP contribution in [-0.4, -0.2) is 29.8 Å².